The summed E-state index contributed by atoms with van der Waals surface area (Å²) < 4.78 is 60.1. The number of ether oxygens (including phenoxy) is 4. The summed E-state index contributed by atoms with van der Waals surface area (Å²) in [5.41, 5.74) is 1.79. The average Bonchev–Trinajstić information content (AvgIpc) is 2.83. The molecule has 0 unspecified atom stereocenters. The maximum Gasteiger partial charge on any atom is 0.272 e. The molecule has 0 N–H and O–H groups in total. The number of hydrogen-bond acceptors (Lipinski definition) is 7. The second kappa shape index (κ2) is 11.3. The summed E-state index contributed by atoms with van der Waals surface area (Å²) in [6, 6.07) is 14.7. The highest BCUT2D eigenvalue weighted by Crippen LogP contribution is 2.31. The Morgan fingerprint density at radius 1 is 0.788 bits per heavy atom. The molecule has 0 spiro atoms. The van der Waals surface area contributed by atoms with Gasteiger partial charge in [-0.15, -0.1) is 0 Å². The molecule has 1 heterocycles. The van der Waals surface area contributed by atoms with Gasteiger partial charge in [-0.05, 0) is 35.4 Å². The smallest absolute Gasteiger partial charge is 0.272 e. The molecule has 176 valence electrons. The van der Waals surface area contributed by atoms with Gasteiger partial charge in [0, 0.05) is 13.1 Å². The average molecular weight is 463 g/mol. The number of hydrogen-bond donors (Lipinski definition) is 0. The number of alkyl halides is 2. The van der Waals surface area contributed by atoms with Crippen LogP contribution in [-0.4, -0.2) is 44.3 Å². The molecule has 33 heavy (non-hydrogen) atoms. The van der Waals surface area contributed by atoms with Crippen LogP contribution in [0, 0.1) is 5.95 Å². The number of methoxy groups -OCH3 is 3. The van der Waals surface area contributed by atoms with Gasteiger partial charge in [0.15, 0.2) is 0 Å². The van der Waals surface area contributed by atoms with E-state index in [1.165, 1.54) is 7.11 Å². The molecule has 0 bridgehead atoms. The van der Waals surface area contributed by atoms with E-state index < -0.39 is 24.7 Å². The fourth-order valence-electron chi connectivity index (χ4n) is 3.04. The van der Waals surface area contributed by atoms with Crippen LogP contribution in [0.1, 0.15) is 11.1 Å². The quantitative estimate of drug-likeness (QED) is 0.388. The standard InChI is InChI=1S/C23H24F3N3O4/c1-30-17-8-4-15(5-9-17)12-29(13-16-6-10-18(31-2)11-7-16)23-27-21(26)20(22(28-23)32-3)33-14-19(24)25/h4-11,19H,12-14H2,1-3H3. The lowest BCUT2D eigenvalue weighted by Crippen LogP contribution is -2.25. The Bertz CT molecular complexity index is 985. The molecule has 0 atom stereocenters. The first-order valence-corrected chi connectivity index (χ1v) is 9.96. The minimum Gasteiger partial charge on any atom is -0.497 e. The maximum atomic E-state index is 14.7. The molecule has 0 aliphatic carbocycles. The van der Waals surface area contributed by atoms with Crippen LogP contribution < -0.4 is 23.8 Å². The molecule has 0 amide bonds. The van der Waals surface area contributed by atoms with Gasteiger partial charge in [-0.25, -0.2) is 8.78 Å². The fraction of sp³-hybridized carbons (Fsp3) is 0.304. The van der Waals surface area contributed by atoms with E-state index in [0.717, 1.165) is 11.1 Å². The van der Waals surface area contributed by atoms with E-state index in [0.29, 0.717) is 24.6 Å². The van der Waals surface area contributed by atoms with E-state index in [9.17, 15) is 13.2 Å². The summed E-state index contributed by atoms with van der Waals surface area (Å²) in [4.78, 5) is 9.82. The Morgan fingerprint density at radius 2 is 1.30 bits per heavy atom. The van der Waals surface area contributed by atoms with Crippen molar-refractivity contribution >= 4 is 5.95 Å². The fourth-order valence-corrected chi connectivity index (χ4v) is 3.04. The molecule has 0 aliphatic heterocycles. The van der Waals surface area contributed by atoms with Crippen molar-refractivity contribution in [2.45, 2.75) is 19.5 Å². The summed E-state index contributed by atoms with van der Waals surface area (Å²) in [5, 5.41) is 0. The Labute approximate surface area is 189 Å². The Kier molecular flexibility index (Phi) is 8.17. The second-order valence-electron chi connectivity index (χ2n) is 6.91. The predicted molar refractivity (Wildman–Crippen MR) is 116 cm³/mol. The van der Waals surface area contributed by atoms with Crippen molar-refractivity contribution in [3.05, 3.63) is 65.6 Å². The van der Waals surface area contributed by atoms with Crippen LogP contribution in [0.25, 0.3) is 0 Å². The number of aromatic nitrogens is 2. The van der Waals surface area contributed by atoms with Gasteiger partial charge in [-0.2, -0.15) is 14.4 Å². The molecule has 0 saturated heterocycles. The van der Waals surface area contributed by atoms with Crippen molar-refractivity contribution in [1.29, 1.82) is 0 Å². The van der Waals surface area contributed by atoms with E-state index in [2.05, 4.69) is 9.97 Å². The topological polar surface area (TPSA) is 65.9 Å². The zero-order valence-corrected chi connectivity index (χ0v) is 18.4. The van der Waals surface area contributed by atoms with Crippen LogP contribution >= 0.6 is 0 Å². The van der Waals surface area contributed by atoms with Gasteiger partial charge in [0.2, 0.25) is 11.7 Å². The van der Waals surface area contributed by atoms with Crippen LogP contribution in [-0.2, 0) is 13.1 Å². The normalized spacial score (nSPS) is 10.8. The molecule has 10 heteroatoms. The lowest BCUT2D eigenvalue weighted by Gasteiger charge is -2.24. The summed E-state index contributed by atoms with van der Waals surface area (Å²) in [6.07, 6.45) is -2.78. The maximum absolute atomic E-state index is 14.7. The Hall–Kier alpha value is -3.69. The van der Waals surface area contributed by atoms with Crippen LogP contribution in [0.4, 0.5) is 19.1 Å². The third-order valence-electron chi connectivity index (χ3n) is 4.68. The highest BCUT2D eigenvalue weighted by molar-refractivity contribution is 5.43. The molecule has 0 radical (unpaired) electrons. The number of halogens is 3. The molecule has 3 aromatic rings. The minimum atomic E-state index is -2.78. The first-order valence-electron chi connectivity index (χ1n) is 9.96. The minimum absolute atomic E-state index is 0.0142. The van der Waals surface area contributed by atoms with Gasteiger partial charge >= 0.3 is 0 Å². The van der Waals surface area contributed by atoms with Crippen LogP contribution in [0.5, 0.6) is 23.1 Å². The van der Waals surface area contributed by atoms with E-state index in [4.69, 9.17) is 18.9 Å². The molecule has 3 rings (SSSR count). The zero-order chi connectivity index (χ0) is 23.8. The summed E-state index contributed by atoms with van der Waals surface area (Å²) in [5.74, 6) is -0.509. The van der Waals surface area contributed by atoms with Gasteiger partial charge in [0.1, 0.15) is 18.1 Å². The molecule has 1 aromatic heterocycles. The monoisotopic (exact) mass is 463 g/mol. The number of rotatable bonds is 11. The van der Waals surface area contributed by atoms with E-state index in [1.807, 2.05) is 48.5 Å². The number of anilines is 1. The van der Waals surface area contributed by atoms with E-state index in [1.54, 1.807) is 19.1 Å². The van der Waals surface area contributed by atoms with Crippen LogP contribution in [0.15, 0.2) is 48.5 Å². The van der Waals surface area contributed by atoms with Crippen molar-refractivity contribution in [2.24, 2.45) is 0 Å². The number of nitrogens with zero attached hydrogens (tertiary/aromatic N) is 3. The van der Waals surface area contributed by atoms with E-state index in [-0.39, 0.29) is 11.8 Å². The van der Waals surface area contributed by atoms with Crippen molar-refractivity contribution in [2.75, 3.05) is 32.8 Å². The van der Waals surface area contributed by atoms with Gasteiger partial charge in [-0.3, -0.25) is 0 Å². The SMILES string of the molecule is COc1ccc(CN(Cc2ccc(OC)cc2)c2nc(F)c(OCC(F)F)c(OC)n2)cc1. The third kappa shape index (κ3) is 6.41. The molecule has 0 fully saturated rings. The van der Waals surface area contributed by atoms with Gasteiger partial charge in [-0.1, -0.05) is 24.3 Å². The van der Waals surface area contributed by atoms with Crippen molar-refractivity contribution < 1.29 is 32.1 Å². The Balaban J connectivity index is 1.94. The van der Waals surface area contributed by atoms with E-state index >= 15 is 0 Å². The van der Waals surface area contributed by atoms with Gasteiger partial charge in [0.25, 0.3) is 18.3 Å². The largest absolute Gasteiger partial charge is 0.497 e. The third-order valence-corrected chi connectivity index (χ3v) is 4.68. The molecular formula is C23H24F3N3O4. The summed E-state index contributed by atoms with van der Waals surface area (Å²) in [7, 11) is 4.40. The van der Waals surface area contributed by atoms with Crippen LogP contribution in [0.3, 0.4) is 0 Å². The Morgan fingerprint density at radius 3 is 1.73 bits per heavy atom. The lowest BCUT2D eigenvalue weighted by atomic mass is 10.1. The number of benzene rings is 2. The zero-order valence-electron chi connectivity index (χ0n) is 18.4. The van der Waals surface area contributed by atoms with Crippen molar-refractivity contribution in [3.8, 4) is 23.1 Å². The summed E-state index contributed by atoms with van der Waals surface area (Å²) >= 11 is 0. The molecule has 0 aliphatic rings. The highest BCUT2D eigenvalue weighted by atomic mass is 19.3. The highest BCUT2D eigenvalue weighted by Gasteiger charge is 2.22. The first kappa shape index (κ1) is 24.0. The van der Waals surface area contributed by atoms with Gasteiger partial charge < -0.3 is 23.8 Å². The molecule has 7 nitrogen and oxygen atoms in total. The first-order chi connectivity index (χ1) is 15.9. The van der Waals surface area contributed by atoms with Crippen LogP contribution in [0.2, 0.25) is 0 Å². The molecule has 0 saturated carbocycles. The lowest BCUT2D eigenvalue weighted by molar-refractivity contribution is 0.0773. The van der Waals surface area contributed by atoms with Crippen molar-refractivity contribution in [1.82, 2.24) is 9.97 Å². The second-order valence-corrected chi connectivity index (χ2v) is 6.91. The van der Waals surface area contributed by atoms with Crippen molar-refractivity contribution in [3.63, 3.8) is 0 Å². The molecular weight excluding hydrogens is 439 g/mol. The van der Waals surface area contributed by atoms with Gasteiger partial charge in [0.05, 0.1) is 21.3 Å². The predicted octanol–water partition coefficient (Wildman–Crippen LogP) is 4.49. The molecule has 2 aromatic carbocycles. The summed E-state index contributed by atoms with van der Waals surface area (Å²) in [6.45, 7) is -0.344.